The number of rotatable bonds is 4. The Labute approximate surface area is 170 Å². The van der Waals surface area contributed by atoms with Crippen molar-refractivity contribution in [3.63, 3.8) is 0 Å². The molecule has 0 fully saturated rings. The number of hydrogen-bond donors (Lipinski definition) is 2. The molecule has 2 aliphatic carbocycles. The minimum Gasteiger partial charge on any atom is -0.759 e. The number of methoxy groups -OCH3 is 2. The molecule has 0 aromatic rings. The molecule has 164 valence electrons. The summed E-state index contributed by atoms with van der Waals surface area (Å²) in [5, 5.41) is 0. The Hall–Kier alpha value is -2.31. The van der Waals surface area contributed by atoms with Gasteiger partial charge in [0.15, 0.2) is 0 Å². The van der Waals surface area contributed by atoms with Crippen molar-refractivity contribution < 1.29 is 48.1 Å². The molecule has 0 spiro atoms. The van der Waals surface area contributed by atoms with Crippen molar-refractivity contribution in [1.29, 1.82) is 0 Å². The molecule has 0 aromatic heterocycles. The first kappa shape index (κ1) is 26.7. The van der Waals surface area contributed by atoms with Crippen LogP contribution in [0.5, 0.6) is 0 Å². The van der Waals surface area contributed by atoms with Crippen LogP contribution in [0.25, 0.3) is 0 Å². The van der Waals surface area contributed by atoms with Crippen LogP contribution in [0.1, 0.15) is 25.7 Å². The summed E-state index contributed by atoms with van der Waals surface area (Å²) in [6.45, 7) is 0. The highest BCUT2D eigenvalue weighted by atomic mass is 32.3. The van der Waals surface area contributed by atoms with Crippen molar-refractivity contribution in [1.82, 2.24) is 0 Å². The molecule has 0 heterocycles. The van der Waals surface area contributed by atoms with Crippen molar-refractivity contribution in [2.45, 2.75) is 37.8 Å². The van der Waals surface area contributed by atoms with E-state index in [0.717, 1.165) is 36.8 Å². The fraction of sp³-hybridized carbons (Fsp3) is 0.444. The van der Waals surface area contributed by atoms with Gasteiger partial charge in [0.25, 0.3) is 0 Å². The third-order valence-corrected chi connectivity index (χ3v) is 3.94. The van der Waals surface area contributed by atoms with Crippen LogP contribution in [-0.4, -0.2) is 55.8 Å². The second-order valence-electron chi connectivity index (χ2n) is 5.94. The summed E-state index contributed by atoms with van der Waals surface area (Å²) in [7, 11) is -2.39. The summed E-state index contributed by atoms with van der Waals surface area (Å²) >= 11 is 0. The molecular formula is C18H28N2O8S. The Bertz CT molecular complexity index is 711. The van der Waals surface area contributed by atoms with E-state index in [0.29, 0.717) is 0 Å². The SMILES string of the molecule is COC(=O)[C@H]([NH3+])C1=CCC=CC1.COC(=O)[C@H]([NH3+])C1=CCC=CC1.O=S(=O)([O-])[O-]. The molecule has 0 radical (unpaired) electrons. The Morgan fingerprint density at radius 2 is 1.17 bits per heavy atom. The van der Waals surface area contributed by atoms with Crippen molar-refractivity contribution >= 4 is 22.3 Å². The van der Waals surface area contributed by atoms with E-state index in [1.54, 1.807) is 0 Å². The second-order valence-corrected chi connectivity index (χ2v) is 6.76. The zero-order valence-electron chi connectivity index (χ0n) is 16.5. The second kappa shape index (κ2) is 13.8. The van der Waals surface area contributed by atoms with Gasteiger partial charge in [-0.3, -0.25) is 8.42 Å². The summed E-state index contributed by atoms with van der Waals surface area (Å²) in [6, 6.07) is -0.667. The zero-order valence-corrected chi connectivity index (χ0v) is 17.4. The predicted octanol–water partition coefficient (Wildman–Crippen LogP) is -1.25. The standard InChI is InChI=1S/2C9H13NO2.H2O4S/c2*1-12-9(11)8(10)7-5-3-2-4-6-7;1-5(2,3)4/h2*2-3,6,8H,4-5,10H2,1H3;(H2,1,2,3,4)/t2*8-;/m11./s1. The minimum absolute atomic E-state index is 0.253. The molecule has 11 heteroatoms. The molecule has 2 aliphatic rings. The molecule has 0 saturated carbocycles. The van der Waals surface area contributed by atoms with Gasteiger partial charge in [-0.05, 0) is 36.8 Å². The average molecular weight is 432 g/mol. The van der Waals surface area contributed by atoms with Gasteiger partial charge >= 0.3 is 11.9 Å². The Kier molecular flexibility index (Phi) is 12.7. The maximum Gasteiger partial charge on any atom is 0.369 e. The summed E-state index contributed by atoms with van der Waals surface area (Å²) in [6.07, 6.45) is 15.8. The largest absolute Gasteiger partial charge is 0.759 e. The molecule has 10 nitrogen and oxygen atoms in total. The first-order chi connectivity index (χ1) is 13.5. The van der Waals surface area contributed by atoms with E-state index in [4.69, 9.17) is 17.5 Å². The maximum atomic E-state index is 11.1. The van der Waals surface area contributed by atoms with E-state index in [-0.39, 0.29) is 24.0 Å². The highest BCUT2D eigenvalue weighted by molar-refractivity contribution is 7.79. The van der Waals surface area contributed by atoms with Crippen LogP contribution in [0.4, 0.5) is 0 Å². The van der Waals surface area contributed by atoms with E-state index in [1.807, 2.05) is 12.2 Å². The van der Waals surface area contributed by atoms with Crippen LogP contribution in [0.2, 0.25) is 0 Å². The predicted molar refractivity (Wildman–Crippen MR) is 101 cm³/mol. The van der Waals surface area contributed by atoms with E-state index in [2.05, 4.69) is 45.2 Å². The van der Waals surface area contributed by atoms with Gasteiger partial charge in [0, 0.05) is 10.4 Å². The molecule has 6 N–H and O–H groups in total. The molecule has 2 atom stereocenters. The number of quaternary nitrogens is 2. The van der Waals surface area contributed by atoms with Gasteiger partial charge in [0.05, 0.1) is 14.2 Å². The lowest BCUT2D eigenvalue weighted by molar-refractivity contribution is -0.396. The molecule has 0 unspecified atom stereocenters. The van der Waals surface area contributed by atoms with E-state index in [1.165, 1.54) is 14.2 Å². The summed E-state index contributed by atoms with van der Waals surface area (Å²) < 4.78 is 43.3. The molecular weight excluding hydrogens is 404 g/mol. The Balaban J connectivity index is 0.000000442. The van der Waals surface area contributed by atoms with Crippen LogP contribution in [0, 0.1) is 0 Å². The summed E-state index contributed by atoms with van der Waals surface area (Å²) in [4.78, 5) is 22.1. The molecule has 0 bridgehead atoms. The number of ether oxygens (including phenoxy) is 2. The lowest BCUT2D eigenvalue weighted by Gasteiger charge is -2.11. The van der Waals surface area contributed by atoms with Crippen LogP contribution in [0.3, 0.4) is 0 Å². The monoisotopic (exact) mass is 432 g/mol. The summed E-state index contributed by atoms with van der Waals surface area (Å²) in [5.41, 5.74) is 9.63. The summed E-state index contributed by atoms with van der Waals surface area (Å²) in [5.74, 6) is -0.506. The van der Waals surface area contributed by atoms with E-state index >= 15 is 0 Å². The third kappa shape index (κ3) is 12.7. The van der Waals surface area contributed by atoms with Gasteiger partial charge in [-0.2, -0.15) is 0 Å². The van der Waals surface area contributed by atoms with Gasteiger partial charge in [-0.25, -0.2) is 9.59 Å². The quantitative estimate of drug-likeness (QED) is 0.238. The van der Waals surface area contributed by atoms with Gasteiger partial charge < -0.3 is 30.0 Å². The molecule has 0 amide bonds. The van der Waals surface area contributed by atoms with E-state index < -0.39 is 10.4 Å². The average Bonchev–Trinajstić information content (AvgIpc) is 2.72. The number of allylic oxidation sites excluding steroid dienone is 6. The smallest absolute Gasteiger partial charge is 0.369 e. The Morgan fingerprint density at radius 1 is 0.862 bits per heavy atom. The van der Waals surface area contributed by atoms with Crippen molar-refractivity contribution in [2.75, 3.05) is 14.2 Å². The topological polar surface area (TPSA) is 188 Å². The lowest BCUT2D eigenvalue weighted by atomic mass is 9.99. The van der Waals surface area contributed by atoms with Gasteiger partial charge in [0.1, 0.15) is 0 Å². The van der Waals surface area contributed by atoms with Crippen LogP contribution in [0.15, 0.2) is 47.6 Å². The highest BCUT2D eigenvalue weighted by Crippen LogP contribution is 2.14. The molecule has 0 aromatic carbocycles. The third-order valence-electron chi connectivity index (χ3n) is 3.94. The number of carbonyl (C=O) groups excluding carboxylic acids is 2. The number of hydrogen-bond acceptors (Lipinski definition) is 8. The first-order valence-corrected chi connectivity index (χ1v) is 10.0. The van der Waals surface area contributed by atoms with Gasteiger partial charge in [0.2, 0.25) is 12.1 Å². The van der Waals surface area contributed by atoms with Gasteiger partial charge in [-0.1, -0.05) is 36.5 Å². The minimum atomic E-state index is -5.17. The fourth-order valence-corrected chi connectivity index (χ4v) is 2.39. The molecule has 2 rings (SSSR count). The van der Waals surface area contributed by atoms with Crippen molar-refractivity contribution in [3.05, 3.63) is 47.6 Å². The molecule has 0 aliphatic heterocycles. The Morgan fingerprint density at radius 3 is 1.38 bits per heavy atom. The zero-order chi connectivity index (χ0) is 22.4. The van der Waals surface area contributed by atoms with Crippen LogP contribution >= 0.6 is 0 Å². The normalized spacial score (nSPS) is 17.2. The van der Waals surface area contributed by atoms with Crippen molar-refractivity contribution in [2.24, 2.45) is 0 Å². The van der Waals surface area contributed by atoms with Crippen LogP contribution in [-0.2, 0) is 29.5 Å². The first-order valence-electron chi connectivity index (χ1n) is 8.67. The van der Waals surface area contributed by atoms with Crippen molar-refractivity contribution in [3.8, 4) is 0 Å². The number of carbonyl (C=O) groups is 2. The maximum absolute atomic E-state index is 11.1. The van der Waals surface area contributed by atoms with Crippen LogP contribution < -0.4 is 11.5 Å². The van der Waals surface area contributed by atoms with E-state index in [9.17, 15) is 9.59 Å². The number of esters is 2. The molecule has 0 saturated heterocycles. The lowest BCUT2D eigenvalue weighted by Crippen LogP contribution is -2.66. The molecule has 29 heavy (non-hydrogen) atoms. The highest BCUT2D eigenvalue weighted by Gasteiger charge is 2.23. The fourth-order valence-electron chi connectivity index (χ4n) is 2.39. The van der Waals surface area contributed by atoms with Gasteiger partial charge in [-0.15, -0.1) is 0 Å².